The van der Waals surface area contributed by atoms with E-state index < -0.39 is 48.9 Å². The van der Waals surface area contributed by atoms with E-state index in [1.54, 1.807) is 50.2 Å². The Balaban J connectivity index is 0.000000292. The number of carbonyl (C=O) groups is 5. The molecule has 1 aliphatic rings. The lowest BCUT2D eigenvalue weighted by atomic mass is 9.80. The highest BCUT2D eigenvalue weighted by atomic mass is 35.5. The van der Waals surface area contributed by atoms with Crippen LogP contribution in [0.2, 0.25) is 5.02 Å². The maximum atomic E-state index is 13.5. The lowest BCUT2D eigenvalue weighted by Gasteiger charge is -2.31. The quantitative estimate of drug-likeness (QED) is 0.0165. The van der Waals surface area contributed by atoms with Crippen LogP contribution in [-0.2, 0) is 38.1 Å². The van der Waals surface area contributed by atoms with Gasteiger partial charge in [-0.2, -0.15) is 0 Å². The van der Waals surface area contributed by atoms with Crippen LogP contribution in [0.1, 0.15) is 93.8 Å². The van der Waals surface area contributed by atoms with Crippen LogP contribution >= 0.6 is 11.6 Å². The summed E-state index contributed by atoms with van der Waals surface area (Å²) in [6.45, 7) is 8.66. The molecule has 0 bridgehead atoms. The number of nitrogens with one attached hydrogen (secondary N) is 4. The molecule has 0 aliphatic carbocycles. The molecule has 0 saturated heterocycles. The van der Waals surface area contributed by atoms with Gasteiger partial charge in [0.1, 0.15) is 5.82 Å². The van der Waals surface area contributed by atoms with Crippen molar-refractivity contribution in [2.45, 2.75) is 84.3 Å². The van der Waals surface area contributed by atoms with Crippen LogP contribution in [0.3, 0.4) is 0 Å². The Labute approximate surface area is 435 Å². The number of dihydropyridines is 1. The molecule has 3 atom stereocenters. The van der Waals surface area contributed by atoms with E-state index in [1.165, 1.54) is 19.2 Å². The number of benzene rings is 4. The molecule has 5 aromatic rings. The number of ether oxygens (including phenoxy) is 5. The Bertz CT molecular complexity index is 2750. The highest BCUT2D eigenvalue weighted by molar-refractivity contribution is 6.31. The number of halogens is 2. The first-order valence-corrected chi connectivity index (χ1v) is 24.6. The van der Waals surface area contributed by atoms with Crippen LogP contribution in [0.15, 0.2) is 132 Å². The molecular weight excluding hydrogens is 975 g/mol. The molecule has 6 N–H and O–H groups in total. The van der Waals surface area contributed by atoms with Crippen molar-refractivity contribution < 1.29 is 62.3 Å². The third-order valence-electron chi connectivity index (χ3n) is 11.6. The average Bonchev–Trinajstić information content (AvgIpc) is 3.79. The lowest BCUT2D eigenvalue weighted by molar-refractivity contribution is -0.154. The van der Waals surface area contributed by atoms with Gasteiger partial charge in [0.2, 0.25) is 6.79 Å². The number of H-pyrrole nitrogens is 1. The number of esters is 3. The van der Waals surface area contributed by atoms with E-state index in [2.05, 4.69) is 20.9 Å². The molecule has 1 aromatic heterocycles. The van der Waals surface area contributed by atoms with Crippen molar-refractivity contribution in [2.24, 2.45) is 0 Å². The predicted molar refractivity (Wildman–Crippen MR) is 278 cm³/mol. The highest BCUT2D eigenvalue weighted by Gasteiger charge is 2.40. The molecule has 394 valence electrons. The number of anilines is 1. The molecule has 0 saturated carbocycles. The Hall–Kier alpha value is -7.31. The second kappa shape index (κ2) is 28.8. The molecule has 1 unspecified atom stereocenters. The third kappa shape index (κ3) is 16.1. The van der Waals surface area contributed by atoms with Crippen LogP contribution in [0, 0.1) is 5.82 Å². The zero-order valence-electron chi connectivity index (χ0n) is 42.3. The number of aromatic nitrogens is 1. The van der Waals surface area contributed by atoms with Gasteiger partial charge >= 0.3 is 24.0 Å². The summed E-state index contributed by atoms with van der Waals surface area (Å²) >= 11 is 6.49. The van der Waals surface area contributed by atoms with E-state index in [1.807, 2.05) is 81.4 Å². The number of carbonyl (C=O) groups excluding carboxylic acids is 5. The Kier molecular flexibility index (Phi) is 22.4. The molecule has 0 spiro atoms. The second-order valence-corrected chi connectivity index (χ2v) is 17.7. The number of hydrogen-bond donors (Lipinski definition) is 6. The molecule has 1 aliphatic heterocycles. The standard InChI is InChI=1S/C30H41ClN2O11.C26H23FN2O/c1-5-9-19(34)14-20(35)15-24(36)43-17-44-30(39)32-12-13-41-16-23-27(29(38)42-6-2)26(21-10-7-8-11-22(21)31)25(18(3)33-23)28(37)40-4;1-17(2)24-23(26(30)28-21-11-7-4-8-12-21)22(18-9-5-3-6-10-18)25(29-24)19-13-15-20(27)16-14-19/h7-8,10-11,19-20,26,33-35H,5-6,9,12-17H2,1-4H3,(H,32,39);3-17,29H,1-2H3,(H,28,30)/t19-,20-,26?;/m1./s1. The SMILES string of the molecule is CC(C)c1[nH]c(-c2ccc(F)cc2)c(-c2ccccc2)c1C(=O)Nc1ccccc1.CCC[C@@H](O)C[C@@H](O)CC(=O)OCOC(=O)NCCOCC1=C(C(=O)OCC)C(c2ccccc2Cl)C(C(=O)OC)=C(C)N1. The molecule has 18 heteroatoms. The third-order valence-corrected chi connectivity index (χ3v) is 11.9. The number of rotatable bonds is 22. The molecule has 6 rings (SSSR count). The Morgan fingerprint density at radius 1 is 0.797 bits per heavy atom. The summed E-state index contributed by atoms with van der Waals surface area (Å²) in [6, 6.07) is 32.4. The summed E-state index contributed by atoms with van der Waals surface area (Å²) < 4.78 is 39.1. The van der Waals surface area contributed by atoms with Gasteiger partial charge in [0.05, 0.1) is 79.6 Å². The summed E-state index contributed by atoms with van der Waals surface area (Å²) in [4.78, 5) is 66.7. The van der Waals surface area contributed by atoms with Gasteiger partial charge in [0.15, 0.2) is 0 Å². The molecule has 2 heterocycles. The van der Waals surface area contributed by atoms with Crippen molar-refractivity contribution >= 4 is 47.2 Å². The normalized spacial score (nSPS) is 14.0. The number of amides is 2. The number of aliphatic hydroxyl groups is 2. The van der Waals surface area contributed by atoms with Gasteiger partial charge in [-0.05, 0) is 91.8 Å². The van der Waals surface area contributed by atoms with Gasteiger partial charge in [0, 0.05) is 34.2 Å². The number of aliphatic hydroxyl groups excluding tert-OH is 2. The van der Waals surface area contributed by atoms with E-state index in [-0.39, 0.29) is 68.0 Å². The van der Waals surface area contributed by atoms with Crippen molar-refractivity contribution in [3.8, 4) is 22.4 Å². The smallest absolute Gasteiger partial charge is 0.410 e. The van der Waals surface area contributed by atoms with Crippen LogP contribution < -0.4 is 16.0 Å². The zero-order chi connectivity index (χ0) is 53.7. The first kappa shape index (κ1) is 57.6. The molecule has 0 fully saturated rings. The Morgan fingerprint density at radius 2 is 1.46 bits per heavy atom. The number of alkyl carbamates (subject to hydrolysis) is 1. The maximum absolute atomic E-state index is 13.5. The monoisotopic (exact) mass is 1040 g/mol. The minimum absolute atomic E-state index is 0.00579. The largest absolute Gasteiger partial charge is 0.466 e. The first-order chi connectivity index (χ1) is 35.6. The van der Waals surface area contributed by atoms with Crippen molar-refractivity contribution in [1.29, 1.82) is 0 Å². The molecule has 2 amide bonds. The number of para-hydroxylation sites is 1. The number of allylic oxidation sites excluding steroid dienone is 1. The summed E-state index contributed by atoms with van der Waals surface area (Å²) in [5.74, 6) is -3.36. The Morgan fingerprint density at radius 3 is 2.09 bits per heavy atom. The molecule has 74 heavy (non-hydrogen) atoms. The number of aromatic amines is 1. The number of hydrogen-bond acceptors (Lipinski definition) is 13. The van der Waals surface area contributed by atoms with E-state index in [0.717, 1.165) is 40.2 Å². The van der Waals surface area contributed by atoms with Crippen LogP contribution in [-0.4, -0.2) is 97.6 Å². The van der Waals surface area contributed by atoms with Crippen LogP contribution in [0.5, 0.6) is 0 Å². The highest BCUT2D eigenvalue weighted by Crippen LogP contribution is 2.42. The molecule has 16 nitrogen and oxygen atoms in total. The van der Waals surface area contributed by atoms with E-state index in [0.29, 0.717) is 34.0 Å². The molecule has 4 aromatic carbocycles. The van der Waals surface area contributed by atoms with Crippen molar-refractivity contribution in [2.75, 3.05) is 45.6 Å². The van der Waals surface area contributed by atoms with Crippen LogP contribution in [0.25, 0.3) is 22.4 Å². The van der Waals surface area contributed by atoms with E-state index in [4.69, 9.17) is 35.3 Å². The van der Waals surface area contributed by atoms with Crippen LogP contribution in [0.4, 0.5) is 14.9 Å². The van der Waals surface area contributed by atoms with Crippen molar-refractivity contribution in [3.63, 3.8) is 0 Å². The van der Waals surface area contributed by atoms with Gasteiger partial charge in [-0.3, -0.25) is 9.59 Å². The van der Waals surface area contributed by atoms with Gasteiger partial charge < -0.3 is 54.8 Å². The van der Waals surface area contributed by atoms with Crippen molar-refractivity contribution in [3.05, 3.63) is 159 Å². The van der Waals surface area contributed by atoms with Gasteiger partial charge in [-0.15, -0.1) is 0 Å². The summed E-state index contributed by atoms with van der Waals surface area (Å²) in [7, 11) is 1.24. The fourth-order valence-corrected chi connectivity index (χ4v) is 8.43. The minimum Gasteiger partial charge on any atom is -0.466 e. The number of methoxy groups -OCH3 is 1. The lowest BCUT2D eigenvalue weighted by Crippen LogP contribution is -2.35. The fourth-order valence-electron chi connectivity index (χ4n) is 8.19. The predicted octanol–water partition coefficient (Wildman–Crippen LogP) is 9.70. The molecule has 0 radical (unpaired) electrons. The summed E-state index contributed by atoms with van der Waals surface area (Å²) in [5, 5.41) is 28.4. The first-order valence-electron chi connectivity index (χ1n) is 24.2. The van der Waals surface area contributed by atoms with Gasteiger partial charge in [-0.1, -0.05) is 106 Å². The average molecular weight is 1040 g/mol. The maximum Gasteiger partial charge on any atom is 0.410 e. The van der Waals surface area contributed by atoms with Gasteiger partial charge in [-0.25, -0.2) is 18.8 Å². The topological polar surface area (TPSA) is 224 Å². The van der Waals surface area contributed by atoms with E-state index in [9.17, 15) is 38.6 Å². The molecular formula is C56H64ClFN4O12. The van der Waals surface area contributed by atoms with Crippen molar-refractivity contribution in [1.82, 2.24) is 15.6 Å². The summed E-state index contributed by atoms with van der Waals surface area (Å²) in [5.41, 5.74) is 7.20. The zero-order valence-corrected chi connectivity index (χ0v) is 43.1. The van der Waals surface area contributed by atoms with E-state index >= 15 is 0 Å². The minimum atomic E-state index is -1.07. The fraction of sp³-hybridized carbons (Fsp3) is 0.339. The second-order valence-electron chi connectivity index (χ2n) is 17.3. The summed E-state index contributed by atoms with van der Waals surface area (Å²) in [6.07, 6.45) is -1.70. The van der Waals surface area contributed by atoms with Gasteiger partial charge in [0.25, 0.3) is 5.91 Å².